The summed E-state index contributed by atoms with van der Waals surface area (Å²) in [6.07, 6.45) is 1.89. The number of nitrogens with zero attached hydrogens (tertiary/aromatic N) is 2. The third kappa shape index (κ3) is 3.86. The average Bonchev–Trinajstić information content (AvgIpc) is 3.25. The van der Waals surface area contributed by atoms with Crippen molar-refractivity contribution in [2.75, 3.05) is 23.8 Å². The molecule has 2 aliphatic heterocycles. The van der Waals surface area contributed by atoms with Crippen LogP contribution in [0.25, 0.3) is 0 Å². The summed E-state index contributed by atoms with van der Waals surface area (Å²) in [7, 11) is 0. The zero-order valence-electron chi connectivity index (χ0n) is 13.9. The van der Waals surface area contributed by atoms with Gasteiger partial charge in [-0.3, -0.25) is 14.5 Å². The summed E-state index contributed by atoms with van der Waals surface area (Å²) < 4.78 is 5.48. The molecule has 7 heteroatoms. The summed E-state index contributed by atoms with van der Waals surface area (Å²) in [5.74, 6) is -0.385. The molecule has 1 atom stereocenters. The highest BCUT2D eigenvalue weighted by Crippen LogP contribution is 2.36. The minimum absolute atomic E-state index is 0.0000393. The van der Waals surface area contributed by atoms with Gasteiger partial charge < -0.3 is 10.1 Å². The number of carbonyl (C=O) groups is 2. The Bertz CT molecular complexity index is 746. The van der Waals surface area contributed by atoms with Crippen LogP contribution in [0.3, 0.4) is 0 Å². The van der Waals surface area contributed by atoms with Crippen molar-refractivity contribution in [1.82, 2.24) is 5.32 Å². The fraction of sp³-hybridized carbons (Fsp3) is 0.389. The second kappa shape index (κ2) is 7.72. The van der Waals surface area contributed by atoms with Gasteiger partial charge in [0.15, 0.2) is 0 Å². The number of amides is 2. The van der Waals surface area contributed by atoms with Gasteiger partial charge in [-0.25, -0.2) is 0 Å². The quantitative estimate of drug-likeness (QED) is 0.659. The third-order valence-corrected chi connectivity index (χ3v) is 5.20. The SMILES string of the molecule is Cc1ccc(N2C(=O)CSC2=C(C#N)C(=O)NCC2CCCO2)cc1. The van der Waals surface area contributed by atoms with Crippen LogP contribution in [0.4, 0.5) is 5.69 Å². The lowest BCUT2D eigenvalue weighted by Crippen LogP contribution is -2.34. The van der Waals surface area contributed by atoms with Gasteiger partial charge in [-0.05, 0) is 31.9 Å². The summed E-state index contributed by atoms with van der Waals surface area (Å²) in [5, 5.41) is 12.6. The van der Waals surface area contributed by atoms with Crippen molar-refractivity contribution in [3.05, 3.63) is 40.4 Å². The Hall–Kier alpha value is -2.30. The zero-order chi connectivity index (χ0) is 17.8. The standard InChI is InChI=1S/C18H19N3O3S/c1-12-4-6-13(7-5-12)21-16(22)11-25-18(21)15(9-19)17(23)20-10-14-3-2-8-24-14/h4-7,14H,2-3,8,10-11H2,1H3,(H,20,23). The van der Waals surface area contributed by atoms with Gasteiger partial charge in [0.05, 0.1) is 11.9 Å². The van der Waals surface area contributed by atoms with Crippen LogP contribution < -0.4 is 10.2 Å². The van der Waals surface area contributed by atoms with Crippen molar-refractivity contribution in [3.8, 4) is 6.07 Å². The number of nitrogens with one attached hydrogen (secondary N) is 1. The molecule has 0 spiro atoms. The van der Waals surface area contributed by atoms with E-state index in [1.807, 2.05) is 37.3 Å². The average molecular weight is 357 g/mol. The molecule has 1 aromatic carbocycles. The molecule has 0 bridgehead atoms. The first-order chi connectivity index (χ1) is 12.1. The number of hydrogen-bond acceptors (Lipinski definition) is 5. The lowest BCUT2D eigenvalue weighted by atomic mass is 10.2. The Morgan fingerprint density at radius 2 is 2.20 bits per heavy atom. The molecular formula is C18H19N3O3S. The van der Waals surface area contributed by atoms with Gasteiger partial charge in [0, 0.05) is 18.8 Å². The fourth-order valence-electron chi connectivity index (χ4n) is 2.81. The van der Waals surface area contributed by atoms with E-state index in [9.17, 15) is 14.9 Å². The molecule has 2 saturated heterocycles. The first-order valence-electron chi connectivity index (χ1n) is 8.16. The number of thioether (sulfide) groups is 1. The maximum Gasteiger partial charge on any atom is 0.264 e. The van der Waals surface area contributed by atoms with Crippen LogP contribution in [0.2, 0.25) is 0 Å². The second-order valence-corrected chi connectivity index (χ2v) is 6.95. The minimum atomic E-state index is -0.465. The molecule has 1 unspecified atom stereocenters. The normalized spacial score (nSPS) is 22.0. The van der Waals surface area contributed by atoms with Crippen molar-refractivity contribution in [1.29, 1.82) is 5.26 Å². The van der Waals surface area contributed by atoms with E-state index in [1.54, 1.807) is 0 Å². The Morgan fingerprint density at radius 1 is 1.44 bits per heavy atom. The van der Waals surface area contributed by atoms with Crippen LogP contribution in [0.5, 0.6) is 0 Å². The summed E-state index contributed by atoms with van der Waals surface area (Å²) in [6, 6.07) is 9.39. The van der Waals surface area contributed by atoms with Gasteiger partial charge >= 0.3 is 0 Å². The fourth-order valence-corrected chi connectivity index (χ4v) is 3.82. The molecule has 6 nitrogen and oxygen atoms in total. The predicted octanol–water partition coefficient (Wildman–Crippen LogP) is 2.11. The monoisotopic (exact) mass is 357 g/mol. The van der Waals surface area contributed by atoms with Crippen molar-refractivity contribution in [2.24, 2.45) is 0 Å². The molecule has 2 amide bonds. The van der Waals surface area contributed by atoms with Crippen LogP contribution in [0.15, 0.2) is 34.9 Å². The van der Waals surface area contributed by atoms with Crippen LogP contribution >= 0.6 is 11.8 Å². The Balaban J connectivity index is 1.83. The molecule has 0 aliphatic carbocycles. The molecule has 25 heavy (non-hydrogen) atoms. The number of hydrogen-bond donors (Lipinski definition) is 1. The maximum absolute atomic E-state index is 12.5. The summed E-state index contributed by atoms with van der Waals surface area (Å²) >= 11 is 1.22. The van der Waals surface area contributed by atoms with Gasteiger partial charge in [-0.15, -0.1) is 0 Å². The highest BCUT2D eigenvalue weighted by Gasteiger charge is 2.33. The largest absolute Gasteiger partial charge is 0.376 e. The van der Waals surface area contributed by atoms with E-state index in [1.165, 1.54) is 16.7 Å². The number of ether oxygens (including phenoxy) is 1. The van der Waals surface area contributed by atoms with Crippen LogP contribution in [-0.4, -0.2) is 36.8 Å². The molecule has 2 fully saturated rings. The molecule has 0 saturated carbocycles. The van der Waals surface area contributed by atoms with Crippen LogP contribution in [0.1, 0.15) is 18.4 Å². The number of nitriles is 1. The molecule has 1 N–H and O–H groups in total. The van der Waals surface area contributed by atoms with Gasteiger partial charge in [0.25, 0.3) is 5.91 Å². The molecule has 0 aromatic heterocycles. The van der Waals surface area contributed by atoms with E-state index in [0.717, 1.165) is 18.4 Å². The van der Waals surface area contributed by atoms with E-state index in [2.05, 4.69) is 5.32 Å². The number of rotatable bonds is 4. The number of benzene rings is 1. The first-order valence-corrected chi connectivity index (χ1v) is 9.15. The van der Waals surface area contributed by atoms with Crippen LogP contribution in [-0.2, 0) is 14.3 Å². The number of carbonyl (C=O) groups excluding carboxylic acids is 2. The topological polar surface area (TPSA) is 82.4 Å². The molecule has 1 aromatic rings. The van der Waals surface area contributed by atoms with Gasteiger partial charge in [0.2, 0.25) is 5.91 Å². The van der Waals surface area contributed by atoms with Gasteiger partial charge in [-0.2, -0.15) is 5.26 Å². The lowest BCUT2D eigenvalue weighted by molar-refractivity contribution is -0.117. The Labute approximate surface area is 150 Å². The molecule has 0 radical (unpaired) electrons. The molecule has 2 aliphatic rings. The number of aryl methyl sites for hydroxylation is 1. The van der Waals surface area contributed by atoms with Crippen molar-refractivity contribution in [2.45, 2.75) is 25.9 Å². The smallest absolute Gasteiger partial charge is 0.264 e. The van der Waals surface area contributed by atoms with Crippen molar-refractivity contribution in [3.63, 3.8) is 0 Å². The molecule has 130 valence electrons. The first kappa shape index (κ1) is 17.5. The Morgan fingerprint density at radius 3 is 2.84 bits per heavy atom. The maximum atomic E-state index is 12.5. The molecular weight excluding hydrogens is 338 g/mol. The third-order valence-electron chi connectivity index (χ3n) is 4.14. The highest BCUT2D eigenvalue weighted by atomic mass is 32.2. The summed E-state index contributed by atoms with van der Waals surface area (Å²) in [5.41, 5.74) is 1.70. The van der Waals surface area contributed by atoms with E-state index in [4.69, 9.17) is 4.74 Å². The van der Waals surface area contributed by atoms with Crippen molar-refractivity contribution >= 4 is 29.3 Å². The van der Waals surface area contributed by atoms with E-state index < -0.39 is 5.91 Å². The Kier molecular flexibility index (Phi) is 5.41. The van der Waals surface area contributed by atoms with E-state index >= 15 is 0 Å². The molecule has 3 rings (SSSR count). The van der Waals surface area contributed by atoms with Gasteiger partial charge in [0.1, 0.15) is 16.7 Å². The second-order valence-electron chi connectivity index (χ2n) is 5.99. The van der Waals surface area contributed by atoms with Crippen LogP contribution in [0, 0.1) is 18.3 Å². The highest BCUT2D eigenvalue weighted by molar-refractivity contribution is 8.04. The summed E-state index contributed by atoms with van der Waals surface area (Å²) in [4.78, 5) is 26.2. The predicted molar refractivity (Wildman–Crippen MR) is 95.7 cm³/mol. The lowest BCUT2D eigenvalue weighted by Gasteiger charge is -2.19. The molecule has 2 heterocycles. The van der Waals surface area contributed by atoms with E-state index in [-0.39, 0.29) is 23.3 Å². The minimum Gasteiger partial charge on any atom is -0.376 e. The zero-order valence-corrected chi connectivity index (χ0v) is 14.8. The van der Waals surface area contributed by atoms with Crippen molar-refractivity contribution < 1.29 is 14.3 Å². The van der Waals surface area contributed by atoms with E-state index in [0.29, 0.717) is 23.9 Å². The van der Waals surface area contributed by atoms with Gasteiger partial charge in [-0.1, -0.05) is 29.5 Å². The summed E-state index contributed by atoms with van der Waals surface area (Å²) in [6.45, 7) is 3.04. The number of anilines is 1.